The molecule has 1 N–H and O–H groups in total. The molecule has 0 unspecified atom stereocenters. The largest absolute Gasteiger partial charge is 0.479 e. The van der Waals surface area contributed by atoms with E-state index in [0.29, 0.717) is 5.56 Å². The standard InChI is InChI=1S/C33H36F3NO3/c1-2-3-4-5-6-7-8-26-9-11-27(12-10-26)13-14-28-15-17-29(18-16-28)23-37(40-25-32(38)39)24-30-19-21-31(22-20-30)33(34,35)36/h9-12,15-22H,2-8,23-25H2,1H3,(H,38,39). The number of alkyl halides is 3. The molecule has 212 valence electrons. The lowest BCUT2D eigenvalue weighted by molar-refractivity contribution is -0.190. The predicted octanol–water partition coefficient (Wildman–Crippen LogP) is 8.03. The summed E-state index contributed by atoms with van der Waals surface area (Å²) in [6, 6.07) is 20.6. The summed E-state index contributed by atoms with van der Waals surface area (Å²) in [6.07, 6.45) is 4.38. The maximum absolute atomic E-state index is 12.9. The number of hydrogen-bond acceptors (Lipinski definition) is 3. The fourth-order valence-electron chi connectivity index (χ4n) is 4.20. The van der Waals surface area contributed by atoms with Crippen LogP contribution in [0.2, 0.25) is 0 Å². The van der Waals surface area contributed by atoms with E-state index >= 15 is 0 Å². The van der Waals surface area contributed by atoms with Crippen molar-refractivity contribution in [3.8, 4) is 11.8 Å². The average molecular weight is 552 g/mol. The van der Waals surface area contributed by atoms with Crippen LogP contribution >= 0.6 is 0 Å². The molecule has 0 spiro atoms. The molecule has 0 aliphatic heterocycles. The van der Waals surface area contributed by atoms with E-state index in [1.807, 2.05) is 36.4 Å². The second-order valence-corrected chi connectivity index (χ2v) is 9.82. The molecule has 0 saturated carbocycles. The number of nitrogens with zero attached hydrogens (tertiary/aromatic N) is 1. The smallest absolute Gasteiger partial charge is 0.416 e. The van der Waals surface area contributed by atoms with E-state index < -0.39 is 24.3 Å². The first-order valence-electron chi connectivity index (χ1n) is 13.7. The third kappa shape index (κ3) is 11.3. The normalized spacial score (nSPS) is 11.3. The first-order valence-corrected chi connectivity index (χ1v) is 13.7. The Morgan fingerprint density at radius 2 is 1.23 bits per heavy atom. The third-order valence-corrected chi connectivity index (χ3v) is 6.45. The SMILES string of the molecule is CCCCCCCCc1ccc(C#Cc2ccc(CN(Cc3ccc(C(F)(F)F)cc3)OCC(=O)O)cc2)cc1. The Bertz CT molecular complexity index is 1240. The Labute approximate surface area is 234 Å². The van der Waals surface area contributed by atoms with Crippen LogP contribution in [0.1, 0.15) is 78.8 Å². The monoisotopic (exact) mass is 551 g/mol. The fraction of sp³-hybridized carbons (Fsp3) is 0.364. The van der Waals surface area contributed by atoms with Crippen LogP contribution in [0, 0.1) is 11.8 Å². The molecule has 3 aromatic carbocycles. The zero-order valence-corrected chi connectivity index (χ0v) is 22.8. The summed E-state index contributed by atoms with van der Waals surface area (Å²) >= 11 is 0. The zero-order chi connectivity index (χ0) is 28.8. The summed E-state index contributed by atoms with van der Waals surface area (Å²) in [7, 11) is 0. The molecule has 0 aliphatic carbocycles. The van der Waals surface area contributed by atoms with E-state index in [1.165, 1.54) is 61.3 Å². The Kier molecular flexibility index (Phi) is 12.3. The minimum atomic E-state index is -4.42. The molecular weight excluding hydrogens is 515 g/mol. The Hall–Kier alpha value is -3.60. The van der Waals surface area contributed by atoms with Crippen molar-refractivity contribution in [3.05, 3.63) is 106 Å². The van der Waals surface area contributed by atoms with Crippen LogP contribution < -0.4 is 0 Å². The summed E-state index contributed by atoms with van der Waals surface area (Å²) in [6.45, 7) is 2.06. The number of carbonyl (C=O) groups is 1. The molecule has 0 radical (unpaired) electrons. The molecule has 0 aromatic heterocycles. The molecular formula is C33H36F3NO3. The Morgan fingerprint density at radius 1 is 0.750 bits per heavy atom. The lowest BCUT2D eigenvalue weighted by Crippen LogP contribution is -2.26. The molecule has 0 fully saturated rings. The third-order valence-electron chi connectivity index (χ3n) is 6.45. The first kappa shape index (κ1) is 30.9. The zero-order valence-electron chi connectivity index (χ0n) is 22.8. The summed E-state index contributed by atoms with van der Waals surface area (Å²) in [5.41, 5.74) is 3.79. The minimum Gasteiger partial charge on any atom is -0.479 e. The Morgan fingerprint density at radius 3 is 1.73 bits per heavy atom. The van der Waals surface area contributed by atoms with Gasteiger partial charge < -0.3 is 5.11 Å². The number of carboxylic acid groups (broad SMARTS) is 1. The molecule has 0 amide bonds. The number of aryl methyl sites for hydroxylation is 1. The Balaban J connectivity index is 1.55. The van der Waals surface area contributed by atoms with Gasteiger partial charge in [0.15, 0.2) is 6.61 Å². The topological polar surface area (TPSA) is 49.8 Å². The molecule has 0 bridgehead atoms. The van der Waals surface area contributed by atoms with Gasteiger partial charge in [0.05, 0.1) is 5.56 Å². The maximum Gasteiger partial charge on any atom is 0.416 e. The molecule has 4 nitrogen and oxygen atoms in total. The van der Waals surface area contributed by atoms with Gasteiger partial charge in [-0.1, -0.05) is 87.3 Å². The highest BCUT2D eigenvalue weighted by atomic mass is 19.4. The van der Waals surface area contributed by atoms with Gasteiger partial charge in [0.25, 0.3) is 0 Å². The quantitative estimate of drug-likeness (QED) is 0.125. The van der Waals surface area contributed by atoms with Gasteiger partial charge >= 0.3 is 12.1 Å². The molecule has 40 heavy (non-hydrogen) atoms. The van der Waals surface area contributed by atoms with Gasteiger partial charge in [-0.3, -0.25) is 4.84 Å². The van der Waals surface area contributed by atoms with Crippen molar-refractivity contribution in [2.24, 2.45) is 0 Å². The summed E-state index contributed by atoms with van der Waals surface area (Å²) in [4.78, 5) is 16.4. The molecule has 7 heteroatoms. The molecule has 0 aliphatic rings. The van der Waals surface area contributed by atoms with Crippen molar-refractivity contribution in [3.63, 3.8) is 0 Å². The number of benzene rings is 3. The highest BCUT2D eigenvalue weighted by Gasteiger charge is 2.30. The number of unbranched alkanes of at least 4 members (excludes halogenated alkanes) is 5. The van der Waals surface area contributed by atoms with Crippen molar-refractivity contribution in [1.29, 1.82) is 0 Å². The number of halogens is 3. The number of aliphatic carboxylic acids is 1. The van der Waals surface area contributed by atoms with Gasteiger partial charge in [0, 0.05) is 24.2 Å². The van der Waals surface area contributed by atoms with Crippen LogP contribution in [-0.2, 0) is 35.3 Å². The van der Waals surface area contributed by atoms with Gasteiger partial charge in [-0.2, -0.15) is 18.2 Å². The van der Waals surface area contributed by atoms with E-state index in [4.69, 9.17) is 9.94 Å². The number of carboxylic acids is 1. The second kappa shape index (κ2) is 15.9. The highest BCUT2D eigenvalue weighted by Crippen LogP contribution is 2.29. The number of rotatable bonds is 14. The van der Waals surface area contributed by atoms with Crippen molar-refractivity contribution in [1.82, 2.24) is 5.06 Å². The van der Waals surface area contributed by atoms with Crippen molar-refractivity contribution in [2.45, 2.75) is 71.1 Å². The van der Waals surface area contributed by atoms with Crippen LogP contribution in [-0.4, -0.2) is 22.7 Å². The lowest BCUT2D eigenvalue weighted by atomic mass is 10.0. The van der Waals surface area contributed by atoms with Gasteiger partial charge in [-0.05, 0) is 65.9 Å². The number of hydroxylamine groups is 2. The van der Waals surface area contributed by atoms with E-state index in [2.05, 4.69) is 30.9 Å². The molecule has 0 atom stereocenters. The van der Waals surface area contributed by atoms with Crippen LogP contribution in [0.15, 0.2) is 72.8 Å². The van der Waals surface area contributed by atoms with Gasteiger partial charge in [-0.25, -0.2) is 4.79 Å². The van der Waals surface area contributed by atoms with Crippen molar-refractivity contribution < 1.29 is 27.9 Å². The molecule has 3 rings (SSSR count). The van der Waals surface area contributed by atoms with Crippen LogP contribution in [0.5, 0.6) is 0 Å². The number of hydrogen-bond donors (Lipinski definition) is 1. The minimum absolute atomic E-state index is 0.127. The predicted molar refractivity (Wildman–Crippen MR) is 150 cm³/mol. The van der Waals surface area contributed by atoms with E-state index in [1.54, 1.807) is 0 Å². The van der Waals surface area contributed by atoms with E-state index in [-0.39, 0.29) is 13.1 Å². The maximum atomic E-state index is 12.9. The van der Waals surface area contributed by atoms with Gasteiger partial charge in [-0.15, -0.1) is 0 Å². The van der Waals surface area contributed by atoms with E-state index in [0.717, 1.165) is 35.2 Å². The molecule has 3 aromatic rings. The average Bonchev–Trinajstić information content (AvgIpc) is 2.93. The highest BCUT2D eigenvalue weighted by molar-refractivity contribution is 5.67. The lowest BCUT2D eigenvalue weighted by Gasteiger charge is -2.21. The summed E-state index contributed by atoms with van der Waals surface area (Å²) < 4.78 is 38.6. The van der Waals surface area contributed by atoms with Crippen molar-refractivity contribution in [2.75, 3.05) is 6.61 Å². The summed E-state index contributed by atoms with van der Waals surface area (Å²) in [5, 5.41) is 10.4. The van der Waals surface area contributed by atoms with Gasteiger partial charge in [0.1, 0.15) is 0 Å². The second-order valence-electron chi connectivity index (χ2n) is 9.82. The molecule has 0 saturated heterocycles. The van der Waals surface area contributed by atoms with E-state index in [9.17, 15) is 18.0 Å². The van der Waals surface area contributed by atoms with Crippen LogP contribution in [0.3, 0.4) is 0 Å². The van der Waals surface area contributed by atoms with Crippen LogP contribution in [0.4, 0.5) is 13.2 Å². The fourth-order valence-corrected chi connectivity index (χ4v) is 4.20. The van der Waals surface area contributed by atoms with Crippen LogP contribution in [0.25, 0.3) is 0 Å². The molecule has 0 heterocycles. The first-order chi connectivity index (χ1) is 19.2. The van der Waals surface area contributed by atoms with Gasteiger partial charge in [0.2, 0.25) is 0 Å². The summed E-state index contributed by atoms with van der Waals surface area (Å²) in [5.74, 6) is 5.21. The van der Waals surface area contributed by atoms with Crippen molar-refractivity contribution >= 4 is 5.97 Å².